The van der Waals surface area contributed by atoms with E-state index in [1.807, 2.05) is 0 Å². The Balaban J connectivity index is 0.00000264. The normalized spacial score (nSPS) is 20.9. The number of hydrogen-bond acceptors (Lipinski definition) is 7. The molecule has 0 aromatic carbocycles. The lowest BCUT2D eigenvalue weighted by atomic mass is 10.1. The number of rotatable bonds is 4. The Hall–Kier alpha value is -1.68. The smallest absolute Gasteiger partial charge is 0.330 e. The van der Waals surface area contributed by atoms with E-state index < -0.39 is 35.3 Å². The summed E-state index contributed by atoms with van der Waals surface area (Å²) in [4.78, 5) is 36.8. The Labute approximate surface area is 138 Å². The maximum absolute atomic E-state index is 11.8. The second-order valence-electron chi connectivity index (χ2n) is 5.65. The molecule has 1 aromatic heterocycles. The van der Waals surface area contributed by atoms with E-state index in [9.17, 15) is 14.4 Å². The average molecular weight is 350 g/mol. The Morgan fingerprint density at radius 1 is 1.52 bits per heavy atom. The average Bonchev–Trinajstić information content (AvgIpc) is 2.87. The van der Waals surface area contributed by atoms with Gasteiger partial charge in [-0.3, -0.25) is 19.1 Å². The molecule has 1 aliphatic rings. The van der Waals surface area contributed by atoms with Crippen molar-refractivity contribution in [3.8, 4) is 0 Å². The van der Waals surface area contributed by atoms with E-state index >= 15 is 0 Å². The van der Waals surface area contributed by atoms with Crippen LogP contribution in [0.3, 0.4) is 0 Å². The Morgan fingerprint density at radius 2 is 2.17 bits per heavy atom. The third-order valence-electron chi connectivity index (χ3n) is 3.07. The zero-order valence-electron chi connectivity index (χ0n) is 13.0. The fourth-order valence-corrected chi connectivity index (χ4v) is 1.81. The van der Waals surface area contributed by atoms with E-state index in [4.69, 9.17) is 19.9 Å². The van der Waals surface area contributed by atoms with Gasteiger partial charge in [-0.1, -0.05) is 0 Å². The summed E-state index contributed by atoms with van der Waals surface area (Å²) in [6.45, 7) is 4.59. The van der Waals surface area contributed by atoms with Crippen LogP contribution in [0.4, 0.5) is 0 Å². The van der Waals surface area contributed by atoms with Gasteiger partial charge in [0, 0.05) is 11.8 Å². The van der Waals surface area contributed by atoms with Gasteiger partial charge in [-0.15, -0.1) is 12.4 Å². The van der Waals surface area contributed by atoms with Crippen LogP contribution in [0.25, 0.3) is 0 Å². The SMILES string of the molecule is Cc1cn([C@H]2CO[C@@H](COC(=O)C(C)(C)N)O2)c(=O)[nH]c1=O.Cl. The predicted molar refractivity (Wildman–Crippen MR) is 82.4 cm³/mol. The van der Waals surface area contributed by atoms with Gasteiger partial charge in [0.05, 0.1) is 6.61 Å². The lowest BCUT2D eigenvalue weighted by Gasteiger charge is -2.18. The number of ether oxygens (including phenoxy) is 3. The molecule has 2 rings (SSSR count). The first-order valence-electron chi connectivity index (χ1n) is 6.73. The highest BCUT2D eigenvalue weighted by atomic mass is 35.5. The number of aryl methyl sites for hydroxylation is 1. The van der Waals surface area contributed by atoms with Crippen molar-refractivity contribution in [2.45, 2.75) is 38.8 Å². The van der Waals surface area contributed by atoms with Gasteiger partial charge in [-0.05, 0) is 20.8 Å². The molecule has 0 unspecified atom stereocenters. The summed E-state index contributed by atoms with van der Waals surface area (Å²) in [6.07, 6.45) is -0.0971. The van der Waals surface area contributed by atoms with Gasteiger partial charge in [-0.25, -0.2) is 4.79 Å². The molecular formula is C13H20ClN3O6. The van der Waals surface area contributed by atoms with Crippen LogP contribution in [0.1, 0.15) is 25.6 Å². The number of carbonyl (C=O) groups is 1. The predicted octanol–water partition coefficient (Wildman–Crippen LogP) is -0.581. The molecule has 2 atom stereocenters. The monoisotopic (exact) mass is 349 g/mol. The van der Waals surface area contributed by atoms with Gasteiger partial charge in [0.2, 0.25) is 0 Å². The number of esters is 1. The van der Waals surface area contributed by atoms with Crippen LogP contribution in [0.2, 0.25) is 0 Å². The standard InChI is InChI=1S/C13H19N3O6.ClH/c1-7-4-16(12(19)15-10(7)17)8-5-20-9(22-8)6-21-11(18)13(2,3)14;/h4,8-9H,5-6,14H2,1-3H3,(H,15,17,19);1H/t8-,9-;/m1./s1. The fraction of sp³-hybridized carbons (Fsp3) is 0.615. The van der Waals surface area contributed by atoms with Gasteiger partial charge in [0.25, 0.3) is 5.56 Å². The van der Waals surface area contributed by atoms with Crippen LogP contribution in [0, 0.1) is 6.92 Å². The number of nitrogens with two attached hydrogens (primary N) is 1. The summed E-state index contributed by atoms with van der Waals surface area (Å²) in [5.74, 6) is -0.583. The van der Waals surface area contributed by atoms with Gasteiger partial charge in [-0.2, -0.15) is 0 Å². The lowest BCUT2D eigenvalue weighted by molar-refractivity contribution is -0.163. The van der Waals surface area contributed by atoms with Gasteiger partial charge in [0.15, 0.2) is 12.5 Å². The second-order valence-corrected chi connectivity index (χ2v) is 5.65. The number of H-pyrrole nitrogens is 1. The summed E-state index contributed by atoms with van der Waals surface area (Å²) < 4.78 is 17.0. The second kappa shape index (κ2) is 7.26. The van der Waals surface area contributed by atoms with Crippen LogP contribution in [0.5, 0.6) is 0 Å². The van der Waals surface area contributed by atoms with Crippen molar-refractivity contribution in [3.63, 3.8) is 0 Å². The Kier molecular flexibility index (Phi) is 6.11. The molecule has 1 fully saturated rings. The van der Waals surface area contributed by atoms with Crippen molar-refractivity contribution in [1.29, 1.82) is 0 Å². The molecule has 0 spiro atoms. The van der Waals surface area contributed by atoms with E-state index in [0.29, 0.717) is 5.56 Å². The number of nitrogens with zero attached hydrogens (tertiary/aromatic N) is 1. The molecule has 0 amide bonds. The van der Waals surface area contributed by atoms with Crippen LogP contribution in [-0.2, 0) is 19.0 Å². The summed E-state index contributed by atoms with van der Waals surface area (Å²) in [6, 6.07) is 0. The number of aromatic amines is 1. The van der Waals surface area contributed by atoms with Crippen LogP contribution in [-0.4, -0.2) is 40.6 Å². The molecule has 2 heterocycles. The highest BCUT2D eigenvalue weighted by Crippen LogP contribution is 2.20. The van der Waals surface area contributed by atoms with E-state index in [2.05, 4.69) is 4.98 Å². The zero-order chi connectivity index (χ0) is 16.5. The Morgan fingerprint density at radius 3 is 2.78 bits per heavy atom. The molecule has 130 valence electrons. The van der Waals surface area contributed by atoms with E-state index in [1.54, 1.807) is 6.92 Å². The van der Waals surface area contributed by atoms with Crippen molar-refractivity contribution in [3.05, 3.63) is 32.6 Å². The molecule has 10 heteroatoms. The summed E-state index contributed by atoms with van der Waals surface area (Å²) in [7, 11) is 0. The van der Waals surface area contributed by atoms with Gasteiger partial charge >= 0.3 is 11.7 Å². The quantitative estimate of drug-likeness (QED) is 0.696. The minimum atomic E-state index is -1.11. The van der Waals surface area contributed by atoms with Crippen LogP contribution in [0.15, 0.2) is 15.8 Å². The summed E-state index contributed by atoms with van der Waals surface area (Å²) in [5.41, 5.74) is 3.83. The number of aromatic nitrogens is 2. The van der Waals surface area contributed by atoms with Crippen molar-refractivity contribution in [1.82, 2.24) is 9.55 Å². The van der Waals surface area contributed by atoms with E-state index in [1.165, 1.54) is 24.6 Å². The van der Waals surface area contributed by atoms with Crippen molar-refractivity contribution < 1.29 is 19.0 Å². The maximum atomic E-state index is 11.8. The first-order valence-corrected chi connectivity index (χ1v) is 6.73. The van der Waals surface area contributed by atoms with Gasteiger partial charge < -0.3 is 19.9 Å². The molecule has 1 aromatic rings. The zero-order valence-corrected chi connectivity index (χ0v) is 13.8. The minimum Gasteiger partial charge on any atom is -0.459 e. The topological polar surface area (TPSA) is 126 Å². The van der Waals surface area contributed by atoms with E-state index in [0.717, 1.165) is 0 Å². The number of nitrogens with one attached hydrogen (secondary N) is 1. The van der Waals surface area contributed by atoms with Gasteiger partial charge in [0.1, 0.15) is 12.1 Å². The van der Waals surface area contributed by atoms with E-state index in [-0.39, 0.29) is 25.6 Å². The molecule has 0 aliphatic carbocycles. The van der Waals surface area contributed by atoms with Crippen LogP contribution < -0.4 is 17.0 Å². The molecule has 0 saturated carbocycles. The summed E-state index contributed by atoms with van der Waals surface area (Å²) in [5, 5.41) is 0. The molecule has 1 saturated heterocycles. The Bertz CT molecular complexity index is 678. The first kappa shape index (κ1) is 19.4. The summed E-state index contributed by atoms with van der Waals surface area (Å²) >= 11 is 0. The highest BCUT2D eigenvalue weighted by molar-refractivity contribution is 5.85. The largest absolute Gasteiger partial charge is 0.459 e. The molecule has 9 nitrogen and oxygen atoms in total. The first-order chi connectivity index (χ1) is 10.2. The van der Waals surface area contributed by atoms with Crippen LogP contribution >= 0.6 is 12.4 Å². The molecule has 1 aliphatic heterocycles. The minimum absolute atomic E-state index is 0. The molecule has 23 heavy (non-hydrogen) atoms. The van der Waals surface area contributed by atoms with Crippen molar-refractivity contribution >= 4 is 18.4 Å². The third-order valence-corrected chi connectivity index (χ3v) is 3.07. The third kappa shape index (κ3) is 4.64. The molecule has 0 bridgehead atoms. The van der Waals surface area contributed by atoms with Crippen molar-refractivity contribution in [2.75, 3.05) is 13.2 Å². The maximum Gasteiger partial charge on any atom is 0.330 e. The lowest BCUT2D eigenvalue weighted by Crippen LogP contribution is -2.43. The number of carbonyl (C=O) groups excluding carboxylic acids is 1. The van der Waals surface area contributed by atoms with Crippen molar-refractivity contribution in [2.24, 2.45) is 5.73 Å². The molecule has 3 N–H and O–H groups in total. The molecule has 0 radical (unpaired) electrons. The number of hydrogen-bond donors (Lipinski definition) is 2. The molecular weight excluding hydrogens is 330 g/mol. The fourth-order valence-electron chi connectivity index (χ4n) is 1.81. The highest BCUT2D eigenvalue weighted by Gasteiger charge is 2.31. The number of halogens is 1.